The van der Waals surface area contributed by atoms with Crippen LogP contribution in [0.2, 0.25) is 0 Å². The zero-order valence-electron chi connectivity index (χ0n) is 7.23. The molecule has 1 heterocycles. The Morgan fingerprint density at radius 2 is 2.62 bits per heavy atom. The number of nitrogens with zero attached hydrogens (tertiary/aromatic N) is 3. The third kappa shape index (κ3) is 2.30. The van der Waals surface area contributed by atoms with Gasteiger partial charge in [-0.2, -0.15) is 10.4 Å². The zero-order chi connectivity index (χ0) is 9.68. The molecule has 0 aliphatic heterocycles. The third-order valence-corrected chi connectivity index (χ3v) is 1.51. The first-order valence-electron chi connectivity index (χ1n) is 3.75. The minimum atomic E-state index is -0.414. The number of rotatable bonds is 3. The average Bonchev–Trinajstić information content (AvgIpc) is 2.62. The fourth-order valence-corrected chi connectivity index (χ4v) is 0.874. The quantitative estimate of drug-likeness (QED) is 0.636. The highest BCUT2D eigenvalue weighted by Crippen LogP contribution is 1.99. The normalized spacial score (nSPS) is 9.23. The number of carbonyl (C=O) groups is 1. The van der Waals surface area contributed by atoms with Crippen molar-refractivity contribution in [2.45, 2.75) is 13.0 Å². The van der Waals surface area contributed by atoms with Gasteiger partial charge < -0.3 is 4.74 Å². The van der Waals surface area contributed by atoms with Crippen molar-refractivity contribution in [3.8, 4) is 6.07 Å². The molecule has 1 aromatic rings. The summed E-state index contributed by atoms with van der Waals surface area (Å²) in [5, 5.41) is 12.2. The molecule has 0 fully saturated rings. The molecule has 0 spiro atoms. The van der Waals surface area contributed by atoms with E-state index in [-0.39, 0.29) is 0 Å². The van der Waals surface area contributed by atoms with Gasteiger partial charge in [0, 0.05) is 6.20 Å². The Morgan fingerprint density at radius 1 is 1.85 bits per heavy atom. The van der Waals surface area contributed by atoms with Crippen molar-refractivity contribution in [1.82, 2.24) is 9.78 Å². The summed E-state index contributed by atoms with van der Waals surface area (Å²) in [6.45, 7) is 0.494. The molecule has 0 unspecified atom stereocenters. The van der Waals surface area contributed by atoms with Gasteiger partial charge in [-0.05, 0) is 0 Å². The van der Waals surface area contributed by atoms with Crippen LogP contribution in [0.15, 0.2) is 12.4 Å². The van der Waals surface area contributed by atoms with Gasteiger partial charge in [-0.15, -0.1) is 0 Å². The van der Waals surface area contributed by atoms with Crippen LogP contribution < -0.4 is 0 Å². The van der Waals surface area contributed by atoms with Crippen LogP contribution in [0.3, 0.4) is 0 Å². The summed E-state index contributed by atoms with van der Waals surface area (Å²) in [5.74, 6) is -0.414. The van der Waals surface area contributed by atoms with E-state index < -0.39 is 5.97 Å². The van der Waals surface area contributed by atoms with Crippen LogP contribution in [0.5, 0.6) is 0 Å². The van der Waals surface area contributed by atoms with Crippen molar-refractivity contribution in [3.63, 3.8) is 0 Å². The molecule has 1 rings (SSSR count). The van der Waals surface area contributed by atoms with Gasteiger partial charge in [-0.3, -0.25) is 4.68 Å². The molecule has 0 bridgehead atoms. The smallest absolute Gasteiger partial charge is 0.341 e. The number of aryl methyl sites for hydroxylation is 1. The maximum atomic E-state index is 11.0. The number of methoxy groups -OCH3 is 1. The van der Waals surface area contributed by atoms with Gasteiger partial charge in [0.2, 0.25) is 0 Å². The van der Waals surface area contributed by atoms with Gasteiger partial charge in [0.25, 0.3) is 0 Å². The lowest BCUT2D eigenvalue weighted by Gasteiger charge is -1.94. The Morgan fingerprint density at radius 3 is 3.23 bits per heavy atom. The van der Waals surface area contributed by atoms with Crippen LogP contribution in [0.1, 0.15) is 16.8 Å². The second-order valence-corrected chi connectivity index (χ2v) is 2.39. The summed E-state index contributed by atoms with van der Waals surface area (Å²) >= 11 is 0. The van der Waals surface area contributed by atoms with Crippen LogP contribution >= 0.6 is 0 Å². The number of hydrogen-bond donors (Lipinski definition) is 0. The Bertz CT molecular complexity index is 337. The first kappa shape index (κ1) is 9.26. The lowest BCUT2D eigenvalue weighted by atomic mass is 10.4. The van der Waals surface area contributed by atoms with Crippen LogP contribution in [0, 0.1) is 11.3 Å². The van der Waals surface area contributed by atoms with E-state index in [4.69, 9.17) is 5.26 Å². The summed E-state index contributed by atoms with van der Waals surface area (Å²) < 4.78 is 6.03. The molecule has 0 aromatic carbocycles. The minimum Gasteiger partial charge on any atom is -0.465 e. The first-order chi connectivity index (χ1) is 6.27. The molecule has 13 heavy (non-hydrogen) atoms. The second-order valence-electron chi connectivity index (χ2n) is 2.39. The number of nitriles is 1. The van der Waals surface area contributed by atoms with Crippen molar-refractivity contribution in [3.05, 3.63) is 18.0 Å². The number of carbonyl (C=O) groups excluding carboxylic acids is 1. The average molecular weight is 179 g/mol. The Labute approximate surface area is 75.5 Å². The van der Waals surface area contributed by atoms with Gasteiger partial charge >= 0.3 is 5.97 Å². The van der Waals surface area contributed by atoms with Crippen LogP contribution in [0.25, 0.3) is 0 Å². The molecule has 0 radical (unpaired) electrons. The van der Waals surface area contributed by atoms with E-state index in [1.54, 1.807) is 6.20 Å². The maximum absolute atomic E-state index is 11.0. The standard InChI is InChI=1S/C8H9N3O2/c1-13-8(12)7-5-10-11(6-7)4-2-3-9/h5-6H,2,4H2,1H3. The van der Waals surface area contributed by atoms with Crippen molar-refractivity contribution in [2.75, 3.05) is 7.11 Å². The van der Waals surface area contributed by atoms with Crippen molar-refractivity contribution in [1.29, 1.82) is 5.26 Å². The van der Waals surface area contributed by atoms with Crippen molar-refractivity contribution < 1.29 is 9.53 Å². The Kier molecular flexibility index (Phi) is 3.03. The van der Waals surface area contributed by atoms with Crippen LogP contribution in [-0.2, 0) is 11.3 Å². The number of ether oxygens (including phenoxy) is 1. The summed E-state index contributed by atoms with van der Waals surface area (Å²) in [6.07, 6.45) is 3.36. The number of hydrogen-bond acceptors (Lipinski definition) is 4. The van der Waals surface area contributed by atoms with Gasteiger partial charge in [-0.1, -0.05) is 0 Å². The van der Waals surface area contributed by atoms with Gasteiger partial charge in [-0.25, -0.2) is 4.79 Å². The van der Waals surface area contributed by atoms with E-state index in [2.05, 4.69) is 9.84 Å². The second kappa shape index (κ2) is 4.26. The van der Waals surface area contributed by atoms with Gasteiger partial charge in [0.15, 0.2) is 0 Å². The molecule has 0 saturated heterocycles. The fourth-order valence-electron chi connectivity index (χ4n) is 0.874. The predicted molar refractivity (Wildman–Crippen MR) is 43.8 cm³/mol. The summed E-state index contributed by atoms with van der Waals surface area (Å²) in [6, 6.07) is 1.99. The third-order valence-electron chi connectivity index (χ3n) is 1.51. The van der Waals surface area contributed by atoms with Crippen LogP contribution in [0.4, 0.5) is 0 Å². The van der Waals surface area contributed by atoms with E-state index in [0.29, 0.717) is 18.5 Å². The van der Waals surface area contributed by atoms with Gasteiger partial charge in [0.05, 0.1) is 37.9 Å². The summed E-state index contributed by atoms with van der Waals surface area (Å²) in [7, 11) is 1.31. The number of aromatic nitrogens is 2. The molecule has 0 aliphatic rings. The molecular weight excluding hydrogens is 170 g/mol. The molecule has 0 N–H and O–H groups in total. The highest BCUT2D eigenvalue weighted by atomic mass is 16.5. The molecule has 1 aromatic heterocycles. The molecule has 5 heteroatoms. The van der Waals surface area contributed by atoms with Gasteiger partial charge in [0.1, 0.15) is 0 Å². The predicted octanol–water partition coefficient (Wildman–Crippen LogP) is 0.583. The monoisotopic (exact) mass is 179 g/mol. The topological polar surface area (TPSA) is 67.9 Å². The van der Waals surface area contributed by atoms with Crippen molar-refractivity contribution in [2.24, 2.45) is 0 Å². The van der Waals surface area contributed by atoms with Crippen molar-refractivity contribution >= 4 is 5.97 Å². The Hall–Kier alpha value is -1.83. The lowest BCUT2D eigenvalue weighted by Crippen LogP contribution is -2.00. The highest BCUT2D eigenvalue weighted by molar-refractivity contribution is 5.88. The summed E-state index contributed by atoms with van der Waals surface area (Å²) in [5.41, 5.74) is 0.403. The number of esters is 1. The molecule has 68 valence electrons. The molecule has 0 atom stereocenters. The molecule has 0 aliphatic carbocycles. The van der Waals surface area contributed by atoms with Crippen LogP contribution in [-0.4, -0.2) is 22.9 Å². The van der Waals surface area contributed by atoms with E-state index in [1.807, 2.05) is 6.07 Å². The molecule has 0 saturated carbocycles. The first-order valence-corrected chi connectivity index (χ1v) is 3.75. The zero-order valence-corrected chi connectivity index (χ0v) is 7.23. The van der Waals surface area contributed by atoms with E-state index in [1.165, 1.54) is 18.0 Å². The van der Waals surface area contributed by atoms with E-state index in [0.717, 1.165) is 0 Å². The minimum absolute atomic E-state index is 0.377. The maximum Gasteiger partial charge on any atom is 0.341 e. The largest absolute Gasteiger partial charge is 0.465 e. The van der Waals surface area contributed by atoms with E-state index >= 15 is 0 Å². The highest BCUT2D eigenvalue weighted by Gasteiger charge is 2.07. The van der Waals surface area contributed by atoms with E-state index in [9.17, 15) is 4.79 Å². The SMILES string of the molecule is COC(=O)c1cnn(CCC#N)c1. The molecule has 0 amide bonds. The fraction of sp³-hybridized carbons (Fsp3) is 0.375. The molecular formula is C8H9N3O2. The summed E-state index contributed by atoms with van der Waals surface area (Å²) in [4.78, 5) is 11.0. The lowest BCUT2D eigenvalue weighted by molar-refractivity contribution is 0.0600. The molecule has 5 nitrogen and oxygen atoms in total. The Balaban J connectivity index is 2.64.